The first kappa shape index (κ1) is 14.3. The van der Waals surface area contributed by atoms with Crippen molar-refractivity contribution in [3.63, 3.8) is 0 Å². The molecule has 0 aliphatic heterocycles. The molecule has 2 aromatic carbocycles. The van der Waals surface area contributed by atoms with Crippen LogP contribution in [0.3, 0.4) is 0 Å². The molecule has 0 saturated heterocycles. The molecule has 0 aliphatic rings. The number of hydrogen-bond acceptors (Lipinski definition) is 3. The van der Waals surface area contributed by atoms with Crippen molar-refractivity contribution in [2.24, 2.45) is 0 Å². The summed E-state index contributed by atoms with van der Waals surface area (Å²) in [6.45, 7) is 6.02. The molecule has 0 unspecified atom stereocenters. The lowest BCUT2D eigenvalue weighted by Crippen LogP contribution is -2.04. The van der Waals surface area contributed by atoms with E-state index in [0.717, 1.165) is 22.7 Å². The summed E-state index contributed by atoms with van der Waals surface area (Å²) in [7, 11) is 0. The normalized spacial score (nSPS) is 10.1. The van der Waals surface area contributed by atoms with E-state index in [-0.39, 0.29) is 0 Å². The van der Waals surface area contributed by atoms with Gasteiger partial charge in [0.25, 0.3) is 0 Å². The van der Waals surface area contributed by atoms with Crippen LogP contribution < -0.4 is 14.8 Å². The lowest BCUT2D eigenvalue weighted by molar-refractivity contribution is 0.336. The van der Waals surface area contributed by atoms with Crippen molar-refractivity contribution in [3.05, 3.63) is 54.1 Å². The molecule has 106 valence electrons. The van der Waals surface area contributed by atoms with Gasteiger partial charge in [0.05, 0.1) is 18.9 Å². The summed E-state index contributed by atoms with van der Waals surface area (Å²) in [6.07, 6.45) is 0. The Kier molecular flexibility index (Phi) is 5.30. The van der Waals surface area contributed by atoms with E-state index in [9.17, 15) is 0 Å². The second-order valence-corrected chi connectivity index (χ2v) is 4.32. The topological polar surface area (TPSA) is 30.5 Å². The highest BCUT2D eigenvalue weighted by Gasteiger charge is 2.05. The summed E-state index contributed by atoms with van der Waals surface area (Å²) in [4.78, 5) is 0. The van der Waals surface area contributed by atoms with E-state index >= 15 is 0 Å². The largest absolute Gasteiger partial charge is 0.494 e. The van der Waals surface area contributed by atoms with Gasteiger partial charge >= 0.3 is 0 Å². The second-order valence-electron chi connectivity index (χ2n) is 4.32. The van der Waals surface area contributed by atoms with Gasteiger partial charge < -0.3 is 14.8 Å². The molecule has 0 saturated carbocycles. The minimum Gasteiger partial charge on any atom is -0.494 e. The summed E-state index contributed by atoms with van der Waals surface area (Å²) in [5.74, 6) is 1.81. The highest BCUT2D eigenvalue weighted by molar-refractivity contribution is 5.56. The summed E-state index contributed by atoms with van der Waals surface area (Å²) >= 11 is 0. The lowest BCUT2D eigenvalue weighted by atomic mass is 10.2. The van der Waals surface area contributed by atoms with Crippen LogP contribution in [0.4, 0.5) is 5.69 Å². The first-order chi connectivity index (χ1) is 9.85. The SMILES string of the molecule is CCOc1ccccc1CNc1ccccc1OCC. The predicted octanol–water partition coefficient (Wildman–Crippen LogP) is 4.10. The van der Waals surface area contributed by atoms with Gasteiger partial charge in [0.1, 0.15) is 11.5 Å². The molecule has 0 heterocycles. The van der Waals surface area contributed by atoms with Gasteiger partial charge in [-0.2, -0.15) is 0 Å². The molecule has 1 N–H and O–H groups in total. The molecule has 0 aliphatic carbocycles. The van der Waals surface area contributed by atoms with Gasteiger partial charge in [-0.3, -0.25) is 0 Å². The number of anilines is 1. The van der Waals surface area contributed by atoms with Crippen molar-refractivity contribution in [2.45, 2.75) is 20.4 Å². The smallest absolute Gasteiger partial charge is 0.142 e. The van der Waals surface area contributed by atoms with Gasteiger partial charge in [-0.1, -0.05) is 30.3 Å². The Morgan fingerprint density at radius 2 is 1.40 bits per heavy atom. The van der Waals surface area contributed by atoms with E-state index in [1.165, 1.54) is 0 Å². The van der Waals surface area contributed by atoms with Crippen molar-refractivity contribution in [3.8, 4) is 11.5 Å². The van der Waals surface area contributed by atoms with Crippen LogP contribution >= 0.6 is 0 Å². The Labute approximate surface area is 120 Å². The highest BCUT2D eigenvalue weighted by atomic mass is 16.5. The van der Waals surface area contributed by atoms with Gasteiger partial charge in [0.15, 0.2) is 0 Å². The molecule has 20 heavy (non-hydrogen) atoms. The van der Waals surface area contributed by atoms with Crippen LogP contribution in [0.5, 0.6) is 11.5 Å². The molecule has 3 heteroatoms. The Bertz CT molecular complexity index is 491. The van der Waals surface area contributed by atoms with Crippen LogP contribution in [0.1, 0.15) is 19.4 Å². The molecule has 0 radical (unpaired) electrons. The maximum atomic E-state index is 5.63. The molecular formula is C17H21NO2. The fourth-order valence-corrected chi connectivity index (χ4v) is 2.03. The van der Waals surface area contributed by atoms with Crippen LogP contribution in [0.15, 0.2) is 48.5 Å². The lowest BCUT2D eigenvalue weighted by Gasteiger charge is -2.14. The minimum atomic E-state index is 0.661. The number of nitrogens with one attached hydrogen (secondary N) is 1. The van der Waals surface area contributed by atoms with Gasteiger partial charge in [0, 0.05) is 12.1 Å². The van der Waals surface area contributed by atoms with Crippen molar-refractivity contribution in [1.29, 1.82) is 0 Å². The zero-order chi connectivity index (χ0) is 14.2. The zero-order valence-electron chi connectivity index (χ0n) is 12.1. The summed E-state index contributed by atoms with van der Waals surface area (Å²) in [5.41, 5.74) is 2.14. The van der Waals surface area contributed by atoms with Gasteiger partial charge in [0.2, 0.25) is 0 Å². The van der Waals surface area contributed by atoms with E-state index in [1.807, 2.05) is 56.3 Å². The third-order valence-corrected chi connectivity index (χ3v) is 2.93. The number of hydrogen-bond donors (Lipinski definition) is 1. The molecule has 0 atom stereocenters. The molecule has 0 bridgehead atoms. The van der Waals surface area contributed by atoms with Crippen LogP contribution in [0.25, 0.3) is 0 Å². The zero-order valence-corrected chi connectivity index (χ0v) is 12.1. The van der Waals surface area contributed by atoms with Crippen LogP contribution in [0.2, 0.25) is 0 Å². The van der Waals surface area contributed by atoms with E-state index in [4.69, 9.17) is 9.47 Å². The molecule has 2 rings (SSSR count). The van der Waals surface area contributed by atoms with Crippen LogP contribution in [-0.4, -0.2) is 13.2 Å². The number of benzene rings is 2. The summed E-state index contributed by atoms with van der Waals surface area (Å²) < 4.78 is 11.2. The maximum Gasteiger partial charge on any atom is 0.142 e. The van der Waals surface area contributed by atoms with Crippen molar-refractivity contribution < 1.29 is 9.47 Å². The quantitative estimate of drug-likeness (QED) is 0.822. The summed E-state index contributed by atoms with van der Waals surface area (Å²) in [6, 6.07) is 16.0. The Morgan fingerprint density at radius 1 is 0.800 bits per heavy atom. The minimum absolute atomic E-state index is 0.661. The van der Waals surface area contributed by atoms with E-state index in [0.29, 0.717) is 19.8 Å². The average Bonchev–Trinajstić information content (AvgIpc) is 2.48. The molecule has 2 aromatic rings. The monoisotopic (exact) mass is 271 g/mol. The van der Waals surface area contributed by atoms with Crippen molar-refractivity contribution >= 4 is 5.69 Å². The van der Waals surface area contributed by atoms with Gasteiger partial charge in [-0.05, 0) is 32.0 Å². The molecule has 0 fully saturated rings. The van der Waals surface area contributed by atoms with Crippen LogP contribution in [0, 0.1) is 0 Å². The predicted molar refractivity (Wildman–Crippen MR) is 82.5 cm³/mol. The average molecular weight is 271 g/mol. The molecule has 0 amide bonds. The second kappa shape index (κ2) is 7.43. The molecule has 0 aromatic heterocycles. The number of para-hydroxylation sites is 3. The Morgan fingerprint density at radius 3 is 2.15 bits per heavy atom. The van der Waals surface area contributed by atoms with Gasteiger partial charge in [-0.15, -0.1) is 0 Å². The Hall–Kier alpha value is -2.16. The fraction of sp³-hybridized carbons (Fsp3) is 0.294. The first-order valence-electron chi connectivity index (χ1n) is 7.01. The molecular weight excluding hydrogens is 250 g/mol. The van der Waals surface area contributed by atoms with Crippen LogP contribution in [-0.2, 0) is 6.54 Å². The van der Waals surface area contributed by atoms with Crippen molar-refractivity contribution in [2.75, 3.05) is 18.5 Å². The maximum absolute atomic E-state index is 5.63. The number of ether oxygens (including phenoxy) is 2. The first-order valence-corrected chi connectivity index (χ1v) is 7.01. The fourth-order valence-electron chi connectivity index (χ4n) is 2.03. The van der Waals surface area contributed by atoms with Crippen molar-refractivity contribution in [1.82, 2.24) is 0 Å². The number of rotatable bonds is 7. The molecule has 0 spiro atoms. The van der Waals surface area contributed by atoms with E-state index in [2.05, 4.69) is 11.4 Å². The standard InChI is InChI=1S/C17H21NO2/c1-3-19-16-11-7-5-9-14(16)13-18-15-10-6-8-12-17(15)20-4-2/h5-12,18H,3-4,13H2,1-2H3. The molecule has 3 nitrogen and oxygen atoms in total. The third kappa shape index (κ3) is 3.67. The highest BCUT2D eigenvalue weighted by Crippen LogP contribution is 2.26. The summed E-state index contributed by atoms with van der Waals surface area (Å²) in [5, 5.41) is 3.41. The van der Waals surface area contributed by atoms with E-state index in [1.54, 1.807) is 0 Å². The Balaban J connectivity index is 2.09. The van der Waals surface area contributed by atoms with E-state index < -0.39 is 0 Å². The van der Waals surface area contributed by atoms with Gasteiger partial charge in [-0.25, -0.2) is 0 Å². The third-order valence-electron chi connectivity index (χ3n) is 2.93.